The molecule has 1 saturated carbocycles. The largest absolute Gasteiger partial charge is 0.454 e. The first-order valence-electron chi connectivity index (χ1n) is 8.21. The van der Waals surface area contributed by atoms with Crippen molar-refractivity contribution in [3.8, 4) is 11.5 Å². The summed E-state index contributed by atoms with van der Waals surface area (Å²) < 4.78 is 10.8. The summed E-state index contributed by atoms with van der Waals surface area (Å²) in [6, 6.07) is 7.05. The van der Waals surface area contributed by atoms with Gasteiger partial charge in [0.05, 0.1) is 0 Å². The number of nitrogens with one attached hydrogen (secondary N) is 1. The van der Waals surface area contributed by atoms with E-state index in [2.05, 4.69) is 22.3 Å². The number of hydrogen-bond acceptors (Lipinski definition) is 4. The molecule has 0 aromatic heterocycles. The van der Waals surface area contributed by atoms with Gasteiger partial charge < -0.3 is 14.8 Å². The first-order valence-corrected chi connectivity index (χ1v) is 8.21. The van der Waals surface area contributed by atoms with Crippen LogP contribution >= 0.6 is 0 Å². The molecule has 0 amide bonds. The van der Waals surface area contributed by atoms with Crippen LogP contribution in [0.3, 0.4) is 0 Å². The van der Waals surface area contributed by atoms with Gasteiger partial charge in [0, 0.05) is 12.6 Å². The molecule has 1 saturated heterocycles. The van der Waals surface area contributed by atoms with Crippen LogP contribution < -0.4 is 14.8 Å². The van der Waals surface area contributed by atoms with E-state index in [1.165, 1.54) is 50.9 Å². The van der Waals surface area contributed by atoms with Crippen molar-refractivity contribution in [2.24, 2.45) is 5.92 Å². The second-order valence-electron chi connectivity index (χ2n) is 6.59. The fraction of sp³-hybridized carbons (Fsp3) is 0.647. The zero-order valence-corrected chi connectivity index (χ0v) is 12.5. The Morgan fingerprint density at radius 3 is 2.67 bits per heavy atom. The van der Waals surface area contributed by atoms with Gasteiger partial charge in [-0.2, -0.15) is 0 Å². The molecule has 0 atom stereocenters. The second kappa shape index (κ2) is 5.85. The summed E-state index contributed by atoms with van der Waals surface area (Å²) >= 11 is 0. The molecule has 2 fully saturated rings. The summed E-state index contributed by atoms with van der Waals surface area (Å²) in [5.41, 5.74) is 1.32. The highest BCUT2D eigenvalue weighted by Gasteiger charge is 2.24. The lowest BCUT2D eigenvalue weighted by atomic mass is 10.0. The molecule has 4 rings (SSSR count). The number of ether oxygens (including phenoxy) is 2. The first kappa shape index (κ1) is 13.4. The molecular weight excluding hydrogens is 264 g/mol. The molecule has 3 aliphatic rings. The Labute approximate surface area is 126 Å². The van der Waals surface area contributed by atoms with E-state index in [4.69, 9.17) is 9.47 Å². The highest BCUT2D eigenvalue weighted by atomic mass is 16.7. The third kappa shape index (κ3) is 3.33. The zero-order chi connectivity index (χ0) is 14.1. The fourth-order valence-electron chi connectivity index (χ4n) is 3.25. The maximum absolute atomic E-state index is 5.45. The van der Waals surface area contributed by atoms with Gasteiger partial charge in [0.25, 0.3) is 0 Å². The van der Waals surface area contributed by atoms with Crippen LogP contribution in [0.15, 0.2) is 18.2 Å². The van der Waals surface area contributed by atoms with Gasteiger partial charge in [-0.05, 0) is 68.9 Å². The molecule has 21 heavy (non-hydrogen) atoms. The van der Waals surface area contributed by atoms with Crippen molar-refractivity contribution in [3.05, 3.63) is 23.8 Å². The van der Waals surface area contributed by atoms with Crippen LogP contribution in [0.2, 0.25) is 0 Å². The van der Waals surface area contributed by atoms with E-state index in [0.29, 0.717) is 6.79 Å². The number of piperidine rings is 1. The minimum atomic E-state index is 0.358. The summed E-state index contributed by atoms with van der Waals surface area (Å²) in [6.45, 7) is 5.00. The predicted molar refractivity (Wildman–Crippen MR) is 81.6 cm³/mol. The van der Waals surface area contributed by atoms with Crippen LogP contribution in [0.25, 0.3) is 0 Å². The summed E-state index contributed by atoms with van der Waals surface area (Å²) in [4.78, 5) is 2.55. The van der Waals surface area contributed by atoms with E-state index in [1.807, 2.05) is 6.07 Å². The third-order valence-electron chi connectivity index (χ3n) is 4.82. The first-order chi connectivity index (χ1) is 10.4. The van der Waals surface area contributed by atoms with Gasteiger partial charge in [0.15, 0.2) is 11.5 Å². The lowest BCUT2D eigenvalue weighted by molar-refractivity contribution is 0.173. The number of fused-ring (bicyclic) bond motifs is 1. The van der Waals surface area contributed by atoms with Gasteiger partial charge in [0.2, 0.25) is 6.79 Å². The lowest BCUT2D eigenvalue weighted by Gasteiger charge is -2.32. The molecular formula is C17H24N2O2. The molecule has 4 nitrogen and oxygen atoms in total. The van der Waals surface area contributed by atoms with Gasteiger partial charge in [-0.3, -0.25) is 4.90 Å². The molecule has 1 N–H and O–H groups in total. The fourth-order valence-corrected chi connectivity index (χ4v) is 3.25. The molecule has 4 heteroatoms. The van der Waals surface area contributed by atoms with Crippen molar-refractivity contribution in [3.63, 3.8) is 0 Å². The molecule has 0 bridgehead atoms. The Kier molecular flexibility index (Phi) is 3.74. The molecule has 2 heterocycles. The van der Waals surface area contributed by atoms with Crippen LogP contribution in [-0.2, 0) is 6.54 Å². The van der Waals surface area contributed by atoms with E-state index in [0.717, 1.165) is 30.0 Å². The highest BCUT2D eigenvalue weighted by Crippen LogP contribution is 2.33. The Hall–Kier alpha value is -1.26. The Bertz CT molecular complexity index is 494. The molecule has 0 radical (unpaired) electrons. The molecule has 2 aliphatic heterocycles. The minimum Gasteiger partial charge on any atom is -0.454 e. The topological polar surface area (TPSA) is 33.7 Å². The lowest BCUT2D eigenvalue weighted by Crippen LogP contribution is -2.42. The average molecular weight is 288 g/mol. The Balaban J connectivity index is 1.26. The maximum Gasteiger partial charge on any atom is 0.231 e. The van der Waals surface area contributed by atoms with E-state index in [9.17, 15) is 0 Å². The number of benzene rings is 1. The number of nitrogens with zero attached hydrogens (tertiary/aromatic N) is 1. The zero-order valence-electron chi connectivity index (χ0n) is 12.5. The van der Waals surface area contributed by atoms with E-state index >= 15 is 0 Å². The minimum absolute atomic E-state index is 0.358. The van der Waals surface area contributed by atoms with E-state index in [-0.39, 0.29) is 0 Å². The van der Waals surface area contributed by atoms with Crippen molar-refractivity contribution in [1.29, 1.82) is 0 Å². The normalized spacial score (nSPS) is 22.7. The summed E-state index contributed by atoms with van der Waals surface area (Å²) in [6.07, 6.45) is 5.43. The van der Waals surface area contributed by atoms with Crippen LogP contribution in [0, 0.1) is 5.92 Å². The van der Waals surface area contributed by atoms with Crippen molar-refractivity contribution in [2.75, 3.05) is 26.4 Å². The summed E-state index contributed by atoms with van der Waals surface area (Å²) in [5, 5.41) is 3.74. The monoisotopic (exact) mass is 288 g/mol. The van der Waals surface area contributed by atoms with Crippen LogP contribution in [-0.4, -0.2) is 37.4 Å². The maximum atomic E-state index is 5.45. The Morgan fingerprint density at radius 1 is 1.05 bits per heavy atom. The number of hydrogen-bond donors (Lipinski definition) is 1. The van der Waals surface area contributed by atoms with Gasteiger partial charge in [-0.1, -0.05) is 6.07 Å². The third-order valence-corrected chi connectivity index (χ3v) is 4.82. The highest BCUT2D eigenvalue weighted by molar-refractivity contribution is 5.44. The molecule has 0 unspecified atom stereocenters. The standard InChI is InChI=1S/C17H24N2O2/c1-2-13(1)10-18-15-5-7-19(8-6-15)11-14-3-4-16-17(9-14)21-12-20-16/h3-4,9,13,15,18H,1-2,5-8,10-12H2. The predicted octanol–water partition coefficient (Wildman–Crippen LogP) is 2.38. The van der Waals surface area contributed by atoms with Gasteiger partial charge in [-0.25, -0.2) is 0 Å². The van der Waals surface area contributed by atoms with Crippen LogP contribution in [0.5, 0.6) is 11.5 Å². The summed E-state index contributed by atoms with van der Waals surface area (Å²) in [7, 11) is 0. The van der Waals surface area contributed by atoms with Crippen molar-refractivity contribution >= 4 is 0 Å². The van der Waals surface area contributed by atoms with E-state index in [1.54, 1.807) is 0 Å². The molecule has 0 spiro atoms. The van der Waals surface area contributed by atoms with Crippen molar-refractivity contribution < 1.29 is 9.47 Å². The number of rotatable bonds is 5. The van der Waals surface area contributed by atoms with Crippen molar-refractivity contribution in [1.82, 2.24) is 10.2 Å². The second-order valence-corrected chi connectivity index (χ2v) is 6.59. The smallest absolute Gasteiger partial charge is 0.231 e. The average Bonchev–Trinajstić information content (AvgIpc) is 3.23. The van der Waals surface area contributed by atoms with Gasteiger partial charge in [0.1, 0.15) is 0 Å². The van der Waals surface area contributed by atoms with Crippen LogP contribution in [0.4, 0.5) is 0 Å². The Morgan fingerprint density at radius 2 is 1.86 bits per heavy atom. The quantitative estimate of drug-likeness (QED) is 0.902. The molecule has 1 aromatic rings. The molecule has 1 aromatic carbocycles. The van der Waals surface area contributed by atoms with Crippen LogP contribution in [0.1, 0.15) is 31.2 Å². The molecule has 114 valence electrons. The van der Waals surface area contributed by atoms with E-state index < -0.39 is 0 Å². The van der Waals surface area contributed by atoms with Gasteiger partial charge >= 0.3 is 0 Å². The number of likely N-dealkylation sites (tertiary alicyclic amines) is 1. The van der Waals surface area contributed by atoms with Crippen molar-refractivity contribution in [2.45, 2.75) is 38.3 Å². The molecule has 1 aliphatic carbocycles. The SMILES string of the molecule is c1cc2c(cc1CN1CCC(NCC3CC3)CC1)OCO2. The summed E-state index contributed by atoms with van der Waals surface area (Å²) in [5.74, 6) is 2.76. The van der Waals surface area contributed by atoms with Gasteiger partial charge in [-0.15, -0.1) is 0 Å².